The van der Waals surface area contributed by atoms with Crippen LogP contribution in [0.4, 0.5) is 4.79 Å². The Morgan fingerprint density at radius 1 is 1.03 bits per heavy atom. The van der Waals surface area contributed by atoms with Crippen molar-refractivity contribution in [1.29, 1.82) is 0 Å². The minimum absolute atomic E-state index is 0.0968. The number of pyridine rings is 1. The molecule has 3 aromatic rings. The lowest BCUT2D eigenvalue weighted by Gasteiger charge is -2.28. The highest BCUT2D eigenvalue weighted by Crippen LogP contribution is 2.21. The van der Waals surface area contributed by atoms with Crippen molar-refractivity contribution in [3.8, 4) is 5.88 Å². The van der Waals surface area contributed by atoms with Crippen LogP contribution in [0, 0.1) is 6.92 Å². The maximum Gasteiger partial charge on any atom is 0.414 e. The van der Waals surface area contributed by atoms with Crippen molar-refractivity contribution in [3.63, 3.8) is 0 Å². The third-order valence-corrected chi connectivity index (χ3v) is 5.72. The smallest absolute Gasteiger partial charge is 0.391 e. The summed E-state index contributed by atoms with van der Waals surface area (Å²) in [5, 5.41) is 4.08. The zero-order valence-corrected chi connectivity index (χ0v) is 17.5. The molecule has 1 fully saturated rings. The molecular formula is C25H29N3O2. The van der Waals surface area contributed by atoms with E-state index in [9.17, 15) is 4.79 Å². The Kier molecular flexibility index (Phi) is 6.60. The monoisotopic (exact) mass is 403 g/mol. The first kappa shape index (κ1) is 20.4. The summed E-state index contributed by atoms with van der Waals surface area (Å²) >= 11 is 0. The van der Waals surface area contributed by atoms with E-state index in [0.717, 1.165) is 42.5 Å². The molecule has 1 aliphatic rings. The van der Waals surface area contributed by atoms with Gasteiger partial charge in [-0.15, -0.1) is 0 Å². The fraction of sp³-hybridized carbons (Fsp3) is 0.360. The molecule has 0 radical (unpaired) electrons. The number of nitrogens with one attached hydrogen (secondary N) is 1. The molecule has 1 unspecified atom stereocenters. The molecule has 5 nitrogen and oxygen atoms in total. The van der Waals surface area contributed by atoms with Crippen LogP contribution in [0.15, 0.2) is 60.7 Å². The number of ether oxygens (including phenoxy) is 1. The first-order valence-electron chi connectivity index (χ1n) is 10.8. The Hall–Kier alpha value is -2.92. The number of hydrogen-bond donors (Lipinski definition) is 1. The molecule has 1 saturated heterocycles. The van der Waals surface area contributed by atoms with Crippen molar-refractivity contribution in [1.82, 2.24) is 15.2 Å². The second-order valence-corrected chi connectivity index (χ2v) is 8.03. The highest BCUT2D eigenvalue weighted by Gasteiger charge is 2.19. The Bertz CT molecular complexity index is 981. The summed E-state index contributed by atoms with van der Waals surface area (Å²) in [6, 6.07) is 19.7. The molecule has 4 rings (SSSR count). The van der Waals surface area contributed by atoms with Crippen molar-refractivity contribution >= 4 is 17.0 Å². The summed E-state index contributed by atoms with van der Waals surface area (Å²) < 4.78 is 5.52. The van der Waals surface area contributed by atoms with E-state index in [4.69, 9.17) is 4.74 Å². The van der Waals surface area contributed by atoms with E-state index >= 15 is 0 Å². The van der Waals surface area contributed by atoms with Crippen LogP contribution in [0.2, 0.25) is 0 Å². The molecule has 0 bridgehead atoms. The number of likely N-dealkylation sites (tertiary alicyclic amines) is 1. The van der Waals surface area contributed by atoms with Crippen LogP contribution >= 0.6 is 0 Å². The third kappa shape index (κ3) is 5.36. The van der Waals surface area contributed by atoms with Gasteiger partial charge in [0.2, 0.25) is 5.88 Å². The summed E-state index contributed by atoms with van der Waals surface area (Å²) in [4.78, 5) is 19.6. The van der Waals surface area contributed by atoms with Gasteiger partial charge in [-0.05, 0) is 57.0 Å². The largest absolute Gasteiger partial charge is 0.414 e. The predicted octanol–water partition coefficient (Wildman–Crippen LogP) is 5.25. The number of nitrogens with zero attached hydrogens (tertiary/aromatic N) is 2. The molecule has 1 aliphatic heterocycles. The van der Waals surface area contributed by atoms with E-state index in [0.29, 0.717) is 5.88 Å². The molecule has 0 saturated carbocycles. The van der Waals surface area contributed by atoms with Crippen molar-refractivity contribution in [3.05, 3.63) is 71.8 Å². The lowest BCUT2D eigenvalue weighted by atomic mass is 10.0. The van der Waals surface area contributed by atoms with Crippen LogP contribution < -0.4 is 10.1 Å². The number of aromatic nitrogens is 1. The predicted molar refractivity (Wildman–Crippen MR) is 120 cm³/mol. The molecule has 30 heavy (non-hydrogen) atoms. The van der Waals surface area contributed by atoms with E-state index < -0.39 is 6.09 Å². The molecule has 0 spiro atoms. The van der Waals surface area contributed by atoms with Gasteiger partial charge >= 0.3 is 6.09 Å². The second kappa shape index (κ2) is 9.72. The van der Waals surface area contributed by atoms with Crippen LogP contribution in [0.5, 0.6) is 5.88 Å². The van der Waals surface area contributed by atoms with E-state index in [2.05, 4.69) is 46.4 Å². The first-order valence-corrected chi connectivity index (χ1v) is 10.8. The highest BCUT2D eigenvalue weighted by atomic mass is 16.6. The number of carbonyl (C=O) groups excluding carboxylic acids is 1. The normalized spacial score (nSPS) is 15.6. The molecule has 0 aliphatic carbocycles. The zero-order chi connectivity index (χ0) is 20.8. The topological polar surface area (TPSA) is 54.5 Å². The van der Waals surface area contributed by atoms with Gasteiger partial charge in [0.05, 0.1) is 11.6 Å². The Morgan fingerprint density at radius 3 is 2.60 bits per heavy atom. The number of piperidine rings is 1. The Labute approximate surface area is 178 Å². The number of benzene rings is 2. The number of rotatable bonds is 6. The first-order chi connectivity index (χ1) is 14.7. The summed E-state index contributed by atoms with van der Waals surface area (Å²) in [6.45, 7) is 5.32. The summed E-state index contributed by atoms with van der Waals surface area (Å²) in [5.74, 6) is 0.310. The van der Waals surface area contributed by atoms with Gasteiger partial charge in [0.1, 0.15) is 0 Å². The van der Waals surface area contributed by atoms with Gasteiger partial charge in [-0.25, -0.2) is 9.78 Å². The van der Waals surface area contributed by atoms with Crippen LogP contribution in [0.3, 0.4) is 0 Å². The third-order valence-electron chi connectivity index (χ3n) is 5.72. The van der Waals surface area contributed by atoms with Gasteiger partial charge in [0.15, 0.2) is 0 Å². The SMILES string of the molecule is Cc1ccc(C(CCN2CCCCC2)NC(=O)Oc2ccc3ccccc3n2)cc1. The Morgan fingerprint density at radius 2 is 1.80 bits per heavy atom. The quantitative estimate of drug-likeness (QED) is 0.611. The second-order valence-electron chi connectivity index (χ2n) is 8.03. The molecule has 156 valence electrons. The standard InChI is InChI=1S/C25H29N3O2/c1-19-9-11-21(12-10-19)23(15-18-28-16-5-2-6-17-28)27-25(29)30-24-14-13-20-7-3-4-8-22(20)26-24/h3-4,7-14,23H,2,5-6,15-18H2,1H3,(H,27,29). The lowest BCUT2D eigenvalue weighted by Crippen LogP contribution is -2.36. The number of aryl methyl sites for hydroxylation is 1. The number of para-hydroxylation sites is 1. The van der Waals surface area contributed by atoms with E-state index in [1.807, 2.05) is 30.3 Å². The minimum Gasteiger partial charge on any atom is -0.391 e. The van der Waals surface area contributed by atoms with E-state index in [-0.39, 0.29) is 6.04 Å². The number of hydrogen-bond acceptors (Lipinski definition) is 4. The maximum atomic E-state index is 12.7. The molecule has 1 aromatic heterocycles. The summed E-state index contributed by atoms with van der Waals surface area (Å²) in [7, 11) is 0. The van der Waals surface area contributed by atoms with Gasteiger partial charge in [-0.2, -0.15) is 0 Å². The zero-order valence-electron chi connectivity index (χ0n) is 17.5. The van der Waals surface area contributed by atoms with Crippen molar-refractivity contribution in [2.24, 2.45) is 0 Å². The van der Waals surface area contributed by atoms with Gasteiger partial charge in [0, 0.05) is 18.0 Å². The molecule has 2 aromatic carbocycles. The summed E-state index contributed by atoms with van der Waals surface area (Å²) in [5.41, 5.74) is 3.11. The lowest BCUT2D eigenvalue weighted by molar-refractivity contribution is 0.187. The molecule has 5 heteroatoms. The average molecular weight is 404 g/mol. The minimum atomic E-state index is -0.470. The van der Waals surface area contributed by atoms with Gasteiger partial charge in [-0.1, -0.05) is 54.4 Å². The molecule has 1 N–H and O–H groups in total. The van der Waals surface area contributed by atoms with Crippen molar-refractivity contribution in [2.45, 2.75) is 38.6 Å². The van der Waals surface area contributed by atoms with Gasteiger partial charge in [0.25, 0.3) is 0 Å². The number of fused-ring (bicyclic) bond motifs is 1. The maximum absolute atomic E-state index is 12.7. The molecule has 1 atom stereocenters. The van der Waals surface area contributed by atoms with Crippen LogP contribution in [-0.2, 0) is 0 Å². The molecule has 2 heterocycles. The molecular weight excluding hydrogens is 374 g/mol. The fourth-order valence-electron chi connectivity index (χ4n) is 3.99. The van der Waals surface area contributed by atoms with E-state index in [1.54, 1.807) is 6.07 Å². The van der Waals surface area contributed by atoms with Crippen LogP contribution in [-0.4, -0.2) is 35.6 Å². The Balaban J connectivity index is 1.43. The van der Waals surface area contributed by atoms with Crippen LogP contribution in [0.25, 0.3) is 10.9 Å². The highest BCUT2D eigenvalue weighted by molar-refractivity contribution is 5.79. The van der Waals surface area contributed by atoms with Crippen molar-refractivity contribution < 1.29 is 9.53 Å². The van der Waals surface area contributed by atoms with E-state index in [1.165, 1.54) is 24.8 Å². The van der Waals surface area contributed by atoms with Crippen molar-refractivity contribution in [2.75, 3.05) is 19.6 Å². The number of amides is 1. The molecule has 1 amide bonds. The average Bonchev–Trinajstić information content (AvgIpc) is 2.78. The van der Waals surface area contributed by atoms with Gasteiger partial charge in [-0.3, -0.25) is 0 Å². The van der Waals surface area contributed by atoms with Gasteiger partial charge < -0.3 is 15.0 Å². The fourth-order valence-corrected chi connectivity index (χ4v) is 3.99. The number of carbonyl (C=O) groups is 1. The van der Waals surface area contributed by atoms with Crippen LogP contribution in [0.1, 0.15) is 42.9 Å². The summed E-state index contributed by atoms with van der Waals surface area (Å²) in [6.07, 6.45) is 4.23.